The van der Waals surface area contributed by atoms with Gasteiger partial charge < -0.3 is 4.42 Å². The number of aromatic nitrogens is 3. The lowest BCUT2D eigenvalue weighted by Gasteiger charge is -2.18. The van der Waals surface area contributed by atoms with E-state index in [4.69, 9.17) is 4.42 Å². The summed E-state index contributed by atoms with van der Waals surface area (Å²) in [6, 6.07) is 8.30. The van der Waals surface area contributed by atoms with E-state index in [0.29, 0.717) is 11.1 Å². The highest BCUT2D eigenvalue weighted by Gasteiger charge is 2.15. The highest BCUT2D eigenvalue weighted by atomic mass is 32.2. The third-order valence-corrected chi connectivity index (χ3v) is 5.09. The Labute approximate surface area is 144 Å². The highest BCUT2D eigenvalue weighted by Crippen LogP contribution is 2.28. The van der Waals surface area contributed by atoms with Crippen LogP contribution in [-0.2, 0) is 11.2 Å². The Hall–Kier alpha value is -1.66. The maximum Gasteiger partial charge on any atom is 0.277 e. The van der Waals surface area contributed by atoms with Gasteiger partial charge in [-0.15, -0.1) is 21.5 Å². The molecule has 0 saturated carbocycles. The first-order chi connectivity index (χ1) is 10.9. The molecule has 2 heterocycles. The number of thioether (sulfide) groups is 1. The Bertz CT molecular complexity index is 785. The van der Waals surface area contributed by atoms with Crippen LogP contribution in [0.25, 0.3) is 11.5 Å². The molecular formula is C17H19N3OS2. The molecule has 0 saturated heterocycles. The van der Waals surface area contributed by atoms with Gasteiger partial charge in [0.15, 0.2) is 0 Å². The summed E-state index contributed by atoms with van der Waals surface area (Å²) in [5, 5.41) is 12.0. The number of rotatable bonds is 4. The Balaban J connectivity index is 1.69. The zero-order valence-corrected chi connectivity index (χ0v) is 15.3. The third-order valence-electron chi connectivity index (χ3n) is 3.41. The average molecular weight is 345 g/mol. The van der Waals surface area contributed by atoms with Gasteiger partial charge in [-0.05, 0) is 30.0 Å². The second-order valence-corrected chi connectivity index (χ2v) is 8.34. The molecule has 3 aromatic rings. The smallest absolute Gasteiger partial charge is 0.277 e. The van der Waals surface area contributed by atoms with Gasteiger partial charge in [-0.1, -0.05) is 44.7 Å². The standard InChI is InChI=1S/C17H19N3OS2/c1-11-18-14(9-22-11)10-23-16-20-19-15(21-16)12-5-7-13(8-6-12)17(2,3)4/h5-9H,10H2,1-4H3. The van der Waals surface area contributed by atoms with Gasteiger partial charge in [0.2, 0.25) is 5.89 Å². The molecule has 0 atom stereocenters. The Kier molecular flexibility index (Phi) is 4.55. The van der Waals surface area contributed by atoms with Gasteiger partial charge in [0.25, 0.3) is 5.22 Å². The van der Waals surface area contributed by atoms with Gasteiger partial charge in [0, 0.05) is 16.7 Å². The number of hydrogen-bond acceptors (Lipinski definition) is 6. The molecule has 4 nitrogen and oxygen atoms in total. The van der Waals surface area contributed by atoms with E-state index in [9.17, 15) is 0 Å². The SMILES string of the molecule is Cc1nc(CSc2nnc(-c3ccc(C(C)(C)C)cc3)o2)cs1. The fourth-order valence-corrected chi connectivity index (χ4v) is 3.48. The van der Waals surface area contributed by atoms with Crippen molar-refractivity contribution in [2.45, 2.75) is 44.1 Å². The van der Waals surface area contributed by atoms with Gasteiger partial charge in [0.1, 0.15) is 0 Å². The molecule has 3 rings (SSSR count). The molecule has 120 valence electrons. The molecular weight excluding hydrogens is 326 g/mol. The van der Waals surface area contributed by atoms with E-state index < -0.39 is 0 Å². The van der Waals surface area contributed by atoms with Crippen LogP contribution in [0.3, 0.4) is 0 Å². The minimum Gasteiger partial charge on any atom is -0.411 e. The van der Waals surface area contributed by atoms with Crippen LogP contribution in [0.5, 0.6) is 0 Å². The normalized spacial score (nSPS) is 11.8. The van der Waals surface area contributed by atoms with Crippen molar-refractivity contribution in [3.8, 4) is 11.5 Å². The molecule has 0 radical (unpaired) electrons. The van der Waals surface area contributed by atoms with Crippen molar-refractivity contribution >= 4 is 23.1 Å². The summed E-state index contributed by atoms with van der Waals surface area (Å²) in [4.78, 5) is 4.43. The molecule has 0 spiro atoms. The van der Waals surface area contributed by atoms with E-state index >= 15 is 0 Å². The first-order valence-electron chi connectivity index (χ1n) is 7.40. The number of benzene rings is 1. The summed E-state index contributed by atoms with van der Waals surface area (Å²) in [5.74, 6) is 1.30. The van der Waals surface area contributed by atoms with Crippen LogP contribution in [0, 0.1) is 6.92 Å². The Morgan fingerprint density at radius 2 is 1.87 bits per heavy atom. The number of hydrogen-bond donors (Lipinski definition) is 0. The van der Waals surface area contributed by atoms with Crippen molar-refractivity contribution in [2.24, 2.45) is 0 Å². The molecule has 23 heavy (non-hydrogen) atoms. The number of aryl methyl sites for hydroxylation is 1. The van der Waals surface area contributed by atoms with Crippen LogP contribution in [0.15, 0.2) is 39.3 Å². The zero-order valence-electron chi connectivity index (χ0n) is 13.7. The minimum absolute atomic E-state index is 0.139. The molecule has 2 aromatic heterocycles. The highest BCUT2D eigenvalue weighted by molar-refractivity contribution is 7.98. The molecule has 0 aliphatic carbocycles. The second kappa shape index (κ2) is 6.45. The molecule has 1 aromatic carbocycles. The van der Waals surface area contributed by atoms with Crippen molar-refractivity contribution < 1.29 is 4.42 Å². The van der Waals surface area contributed by atoms with E-state index in [-0.39, 0.29) is 5.41 Å². The maximum absolute atomic E-state index is 5.74. The number of nitrogens with zero attached hydrogens (tertiary/aromatic N) is 3. The summed E-state index contributed by atoms with van der Waals surface area (Å²) in [6.45, 7) is 8.60. The third kappa shape index (κ3) is 4.00. The monoisotopic (exact) mass is 345 g/mol. The average Bonchev–Trinajstić information content (AvgIpc) is 3.13. The van der Waals surface area contributed by atoms with Gasteiger partial charge in [-0.2, -0.15) is 0 Å². The topological polar surface area (TPSA) is 51.8 Å². The lowest BCUT2D eigenvalue weighted by atomic mass is 9.87. The maximum atomic E-state index is 5.74. The summed E-state index contributed by atoms with van der Waals surface area (Å²) < 4.78 is 5.74. The fraction of sp³-hybridized carbons (Fsp3) is 0.353. The summed E-state index contributed by atoms with van der Waals surface area (Å²) in [7, 11) is 0. The van der Waals surface area contributed by atoms with E-state index in [2.05, 4.69) is 53.5 Å². The van der Waals surface area contributed by atoms with Gasteiger partial charge in [-0.25, -0.2) is 4.98 Å². The summed E-state index contributed by atoms with van der Waals surface area (Å²) >= 11 is 3.17. The van der Waals surface area contributed by atoms with Crippen molar-refractivity contribution in [3.05, 3.63) is 45.9 Å². The quantitative estimate of drug-likeness (QED) is 0.616. The van der Waals surface area contributed by atoms with E-state index in [1.165, 1.54) is 17.3 Å². The lowest BCUT2D eigenvalue weighted by molar-refractivity contribution is 0.465. The summed E-state index contributed by atoms with van der Waals surface area (Å²) in [5.41, 5.74) is 3.42. The van der Waals surface area contributed by atoms with Crippen LogP contribution in [0.1, 0.15) is 37.0 Å². The van der Waals surface area contributed by atoms with Gasteiger partial charge in [0.05, 0.1) is 10.7 Å². The van der Waals surface area contributed by atoms with Crippen molar-refractivity contribution in [3.63, 3.8) is 0 Å². The van der Waals surface area contributed by atoms with E-state index in [0.717, 1.165) is 22.0 Å². The van der Waals surface area contributed by atoms with Gasteiger partial charge >= 0.3 is 0 Å². The first-order valence-corrected chi connectivity index (χ1v) is 9.26. The van der Waals surface area contributed by atoms with Crippen molar-refractivity contribution in [1.29, 1.82) is 0 Å². The van der Waals surface area contributed by atoms with Crippen LogP contribution in [0.4, 0.5) is 0 Å². The first kappa shape index (κ1) is 16.2. The van der Waals surface area contributed by atoms with E-state index in [1.807, 2.05) is 19.1 Å². The van der Waals surface area contributed by atoms with E-state index in [1.54, 1.807) is 11.3 Å². The predicted octanol–water partition coefficient (Wildman–Crippen LogP) is 5.09. The van der Waals surface area contributed by atoms with Crippen LogP contribution < -0.4 is 0 Å². The molecule has 0 amide bonds. The fourth-order valence-electron chi connectivity index (χ4n) is 2.11. The Morgan fingerprint density at radius 3 is 2.48 bits per heavy atom. The molecule has 0 fully saturated rings. The minimum atomic E-state index is 0.139. The summed E-state index contributed by atoms with van der Waals surface area (Å²) in [6.07, 6.45) is 0. The molecule has 0 unspecified atom stereocenters. The van der Waals surface area contributed by atoms with Crippen LogP contribution in [0.2, 0.25) is 0 Å². The predicted molar refractivity (Wildman–Crippen MR) is 94.8 cm³/mol. The molecule has 0 bridgehead atoms. The van der Waals surface area contributed by atoms with Crippen LogP contribution in [-0.4, -0.2) is 15.2 Å². The van der Waals surface area contributed by atoms with Gasteiger partial charge in [-0.3, -0.25) is 0 Å². The largest absolute Gasteiger partial charge is 0.411 e. The van der Waals surface area contributed by atoms with Crippen molar-refractivity contribution in [2.75, 3.05) is 0 Å². The lowest BCUT2D eigenvalue weighted by Crippen LogP contribution is -2.10. The zero-order chi connectivity index (χ0) is 16.4. The van der Waals surface area contributed by atoms with Crippen LogP contribution >= 0.6 is 23.1 Å². The molecule has 0 N–H and O–H groups in total. The Morgan fingerprint density at radius 1 is 1.13 bits per heavy atom. The second-order valence-electron chi connectivity index (χ2n) is 6.35. The van der Waals surface area contributed by atoms with Crippen molar-refractivity contribution in [1.82, 2.24) is 15.2 Å². The number of thiazole rings is 1. The molecule has 6 heteroatoms. The molecule has 0 aliphatic rings. The molecule has 0 aliphatic heterocycles.